The fourth-order valence-electron chi connectivity index (χ4n) is 2.39. The first-order valence-electron chi connectivity index (χ1n) is 6.38. The molecular weight excluding hydrogens is 314 g/mol. The molecule has 18 heavy (non-hydrogen) atoms. The number of rotatable bonds is 3. The van der Waals surface area contributed by atoms with Crippen molar-refractivity contribution >= 4 is 33.2 Å². The standard InChI is InChI=1S/C14H19BrClNO/c1-3-13-9-18-10(2)8-17(13)14-6-12(16)5-4-11(14)7-15/h4-6,10,13H,3,7-9H2,1-2H3. The molecule has 0 amide bonds. The molecule has 0 radical (unpaired) electrons. The molecule has 0 aromatic heterocycles. The first-order valence-corrected chi connectivity index (χ1v) is 7.88. The van der Waals surface area contributed by atoms with E-state index in [0.717, 1.165) is 29.9 Å². The van der Waals surface area contributed by atoms with E-state index in [1.807, 2.05) is 6.07 Å². The Bertz CT molecular complexity index is 413. The van der Waals surface area contributed by atoms with Gasteiger partial charge < -0.3 is 9.64 Å². The number of hydrogen-bond donors (Lipinski definition) is 0. The summed E-state index contributed by atoms with van der Waals surface area (Å²) in [7, 11) is 0. The number of ether oxygens (including phenoxy) is 1. The van der Waals surface area contributed by atoms with E-state index in [9.17, 15) is 0 Å². The summed E-state index contributed by atoms with van der Waals surface area (Å²) in [4.78, 5) is 2.44. The molecule has 2 rings (SSSR count). The summed E-state index contributed by atoms with van der Waals surface area (Å²) < 4.78 is 5.75. The lowest BCUT2D eigenvalue weighted by atomic mass is 10.1. The fraction of sp³-hybridized carbons (Fsp3) is 0.571. The third-order valence-electron chi connectivity index (χ3n) is 3.44. The summed E-state index contributed by atoms with van der Waals surface area (Å²) in [5.41, 5.74) is 2.52. The number of hydrogen-bond acceptors (Lipinski definition) is 2. The van der Waals surface area contributed by atoms with Crippen molar-refractivity contribution in [3.8, 4) is 0 Å². The largest absolute Gasteiger partial charge is 0.375 e. The quantitative estimate of drug-likeness (QED) is 0.768. The number of halogens is 2. The zero-order valence-corrected chi connectivity index (χ0v) is 13.2. The number of alkyl halides is 1. The minimum atomic E-state index is 0.273. The van der Waals surface area contributed by atoms with E-state index in [2.05, 4.69) is 46.8 Å². The second kappa shape index (κ2) is 6.27. The van der Waals surface area contributed by atoms with Gasteiger partial charge >= 0.3 is 0 Å². The van der Waals surface area contributed by atoms with Crippen LogP contribution in [-0.4, -0.2) is 25.3 Å². The van der Waals surface area contributed by atoms with Gasteiger partial charge in [0, 0.05) is 22.6 Å². The highest BCUT2D eigenvalue weighted by Gasteiger charge is 2.27. The molecular formula is C14H19BrClNO. The van der Waals surface area contributed by atoms with Crippen LogP contribution >= 0.6 is 27.5 Å². The molecule has 2 nitrogen and oxygen atoms in total. The van der Waals surface area contributed by atoms with Crippen molar-refractivity contribution in [2.45, 2.75) is 37.7 Å². The molecule has 1 aromatic rings. The molecule has 1 aromatic carbocycles. The summed E-state index contributed by atoms with van der Waals surface area (Å²) >= 11 is 9.70. The average Bonchev–Trinajstić information content (AvgIpc) is 2.38. The fourth-order valence-corrected chi connectivity index (χ4v) is 3.04. The number of anilines is 1. The van der Waals surface area contributed by atoms with Gasteiger partial charge in [-0.05, 0) is 31.0 Å². The first kappa shape index (κ1) is 14.2. The van der Waals surface area contributed by atoms with Gasteiger partial charge in [-0.25, -0.2) is 0 Å². The van der Waals surface area contributed by atoms with Crippen LogP contribution in [0.2, 0.25) is 5.02 Å². The van der Waals surface area contributed by atoms with Crippen LogP contribution in [-0.2, 0) is 10.1 Å². The first-order chi connectivity index (χ1) is 8.65. The van der Waals surface area contributed by atoms with Crippen LogP contribution in [0.5, 0.6) is 0 Å². The van der Waals surface area contributed by atoms with Gasteiger partial charge in [0.15, 0.2) is 0 Å². The second-order valence-corrected chi connectivity index (χ2v) is 5.76. The smallest absolute Gasteiger partial charge is 0.0723 e. The number of morpholine rings is 1. The van der Waals surface area contributed by atoms with Gasteiger partial charge in [0.2, 0.25) is 0 Å². The molecule has 2 atom stereocenters. The molecule has 1 aliphatic heterocycles. The van der Waals surface area contributed by atoms with Gasteiger partial charge in [0.1, 0.15) is 0 Å². The van der Waals surface area contributed by atoms with Crippen molar-refractivity contribution in [1.29, 1.82) is 0 Å². The Balaban J connectivity index is 2.34. The zero-order chi connectivity index (χ0) is 13.1. The molecule has 0 aliphatic carbocycles. The Morgan fingerprint density at radius 1 is 1.50 bits per heavy atom. The lowest BCUT2D eigenvalue weighted by molar-refractivity contribution is 0.0299. The SMILES string of the molecule is CCC1COC(C)CN1c1cc(Cl)ccc1CBr. The minimum absolute atomic E-state index is 0.273. The lowest BCUT2D eigenvalue weighted by Gasteiger charge is -2.41. The number of benzene rings is 1. The van der Waals surface area contributed by atoms with Gasteiger partial charge in [-0.1, -0.05) is 40.5 Å². The van der Waals surface area contributed by atoms with Crippen LogP contribution in [0.3, 0.4) is 0 Å². The van der Waals surface area contributed by atoms with Crippen LogP contribution in [0.15, 0.2) is 18.2 Å². The van der Waals surface area contributed by atoms with Crippen molar-refractivity contribution in [3.05, 3.63) is 28.8 Å². The van der Waals surface area contributed by atoms with Crippen molar-refractivity contribution in [1.82, 2.24) is 0 Å². The van der Waals surface area contributed by atoms with Crippen LogP contribution in [0, 0.1) is 0 Å². The maximum absolute atomic E-state index is 6.15. The molecule has 100 valence electrons. The topological polar surface area (TPSA) is 12.5 Å². The summed E-state index contributed by atoms with van der Waals surface area (Å²) in [6.07, 6.45) is 1.36. The van der Waals surface area contributed by atoms with Crippen LogP contribution in [0.25, 0.3) is 0 Å². The van der Waals surface area contributed by atoms with E-state index in [0.29, 0.717) is 6.04 Å². The van der Waals surface area contributed by atoms with Gasteiger partial charge in [0.25, 0.3) is 0 Å². The molecule has 0 N–H and O–H groups in total. The highest BCUT2D eigenvalue weighted by atomic mass is 79.9. The lowest BCUT2D eigenvalue weighted by Crippen LogP contribution is -2.49. The Kier molecular flexibility index (Phi) is 4.93. The summed E-state index contributed by atoms with van der Waals surface area (Å²) in [5.74, 6) is 0. The van der Waals surface area contributed by atoms with Crippen molar-refractivity contribution < 1.29 is 4.74 Å². The third-order valence-corrected chi connectivity index (χ3v) is 4.28. The Hall–Kier alpha value is -0.250. The highest BCUT2D eigenvalue weighted by molar-refractivity contribution is 9.08. The maximum Gasteiger partial charge on any atom is 0.0723 e. The Morgan fingerprint density at radius 3 is 2.94 bits per heavy atom. The number of nitrogens with zero attached hydrogens (tertiary/aromatic N) is 1. The van der Waals surface area contributed by atoms with Crippen LogP contribution in [0.1, 0.15) is 25.8 Å². The summed E-state index contributed by atoms with van der Waals surface area (Å²) in [6.45, 7) is 6.05. The molecule has 0 spiro atoms. The predicted octanol–water partition coefficient (Wildman–Crippen LogP) is 4.24. The van der Waals surface area contributed by atoms with E-state index in [1.165, 1.54) is 11.3 Å². The van der Waals surface area contributed by atoms with Crippen LogP contribution < -0.4 is 4.90 Å². The predicted molar refractivity (Wildman–Crippen MR) is 80.9 cm³/mol. The van der Waals surface area contributed by atoms with Gasteiger partial charge in [0.05, 0.1) is 18.8 Å². The van der Waals surface area contributed by atoms with E-state index in [4.69, 9.17) is 16.3 Å². The summed E-state index contributed by atoms with van der Waals surface area (Å²) in [5, 5.41) is 1.64. The summed E-state index contributed by atoms with van der Waals surface area (Å²) in [6, 6.07) is 6.56. The molecule has 0 saturated carbocycles. The third kappa shape index (κ3) is 3.01. The highest BCUT2D eigenvalue weighted by Crippen LogP contribution is 2.31. The maximum atomic E-state index is 6.15. The zero-order valence-electron chi connectivity index (χ0n) is 10.8. The van der Waals surface area contributed by atoms with E-state index >= 15 is 0 Å². The molecule has 0 bridgehead atoms. The molecule has 2 unspecified atom stereocenters. The monoisotopic (exact) mass is 331 g/mol. The average molecular weight is 333 g/mol. The van der Waals surface area contributed by atoms with Crippen molar-refractivity contribution in [2.75, 3.05) is 18.1 Å². The Labute approximate surface area is 122 Å². The van der Waals surface area contributed by atoms with E-state index in [1.54, 1.807) is 0 Å². The normalized spacial score (nSPS) is 24.3. The van der Waals surface area contributed by atoms with Gasteiger partial charge in [-0.3, -0.25) is 0 Å². The molecule has 1 aliphatic rings. The van der Waals surface area contributed by atoms with Gasteiger partial charge in [-0.2, -0.15) is 0 Å². The second-order valence-electron chi connectivity index (χ2n) is 4.77. The minimum Gasteiger partial charge on any atom is -0.375 e. The molecule has 1 fully saturated rings. The van der Waals surface area contributed by atoms with Gasteiger partial charge in [-0.15, -0.1) is 0 Å². The van der Waals surface area contributed by atoms with Crippen LogP contribution in [0.4, 0.5) is 5.69 Å². The molecule has 4 heteroatoms. The Morgan fingerprint density at radius 2 is 2.28 bits per heavy atom. The molecule has 1 saturated heterocycles. The van der Waals surface area contributed by atoms with Crippen molar-refractivity contribution in [2.24, 2.45) is 0 Å². The van der Waals surface area contributed by atoms with E-state index in [-0.39, 0.29) is 6.10 Å². The van der Waals surface area contributed by atoms with Crippen molar-refractivity contribution in [3.63, 3.8) is 0 Å². The van der Waals surface area contributed by atoms with E-state index < -0.39 is 0 Å². The molecule has 1 heterocycles.